The number of carbonyl (C=O) groups excluding carboxylic acids is 1. The van der Waals surface area contributed by atoms with Gasteiger partial charge >= 0.3 is 0 Å². The molecule has 0 fully saturated rings. The number of hydrogen-bond acceptors (Lipinski definition) is 3. The summed E-state index contributed by atoms with van der Waals surface area (Å²) >= 11 is 0. The summed E-state index contributed by atoms with van der Waals surface area (Å²) in [7, 11) is 1.57. The molecule has 0 radical (unpaired) electrons. The van der Waals surface area contributed by atoms with Gasteiger partial charge in [-0.25, -0.2) is 4.99 Å². The van der Waals surface area contributed by atoms with E-state index in [2.05, 4.69) is 9.98 Å². The lowest BCUT2D eigenvalue weighted by molar-refractivity contribution is -0.114. The fraction of sp³-hybridized carbons (Fsp3) is 0.0476. The van der Waals surface area contributed by atoms with Gasteiger partial charge in [-0.05, 0) is 35.9 Å². The van der Waals surface area contributed by atoms with Crippen molar-refractivity contribution in [3.8, 4) is 22.9 Å². The molecule has 26 heavy (non-hydrogen) atoms. The van der Waals surface area contributed by atoms with E-state index >= 15 is 0 Å². The SMILES string of the molecule is COc1ccc2c(c1)=NC(=O)/C(=C\c1cc(-c3ccccc3)[nH]c1O)C=2. The number of fused-ring (bicyclic) bond motifs is 1. The van der Waals surface area contributed by atoms with Crippen LogP contribution in [-0.2, 0) is 4.79 Å². The highest BCUT2D eigenvalue weighted by Gasteiger charge is 2.14. The summed E-state index contributed by atoms with van der Waals surface area (Å²) in [6.07, 6.45) is 3.40. The third kappa shape index (κ3) is 2.91. The number of aromatic nitrogens is 1. The van der Waals surface area contributed by atoms with Gasteiger partial charge in [-0.2, -0.15) is 0 Å². The number of H-pyrrole nitrogens is 1. The van der Waals surface area contributed by atoms with Crippen LogP contribution in [0, 0.1) is 0 Å². The van der Waals surface area contributed by atoms with Crippen LogP contribution in [0.5, 0.6) is 11.6 Å². The van der Waals surface area contributed by atoms with E-state index in [0.717, 1.165) is 16.5 Å². The molecule has 0 atom stereocenters. The molecule has 5 heteroatoms. The molecule has 2 N–H and O–H groups in total. The lowest BCUT2D eigenvalue weighted by atomic mass is 10.1. The fourth-order valence-corrected chi connectivity index (χ4v) is 2.89. The highest BCUT2D eigenvalue weighted by molar-refractivity contribution is 6.07. The van der Waals surface area contributed by atoms with E-state index in [1.807, 2.05) is 48.5 Å². The van der Waals surface area contributed by atoms with Crippen molar-refractivity contribution in [2.24, 2.45) is 4.99 Å². The Bertz CT molecular complexity index is 1140. The van der Waals surface area contributed by atoms with Crippen molar-refractivity contribution < 1.29 is 14.6 Å². The number of rotatable bonds is 3. The van der Waals surface area contributed by atoms with E-state index < -0.39 is 0 Å². The van der Waals surface area contributed by atoms with Crippen LogP contribution in [0.25, 0.3) is 23.4 Å². The molecule has 5 nitrogen and oxygen atoms in total. The zero-order valence-electron chi connectivity index (χ0n) is 14.1. The monoisotopic (exact) mass is 344 g/mol. The van der Waals surface area contributed by atoms with Gasteiger partial charge in [-0.15, -0.1) is 0 Å². The largest absolute Gasteiger partial charge is 0.497 e. The summed E-state index contributed by atoms with van der Waals surface area (Å²) in [5.74, 6) is 0.308. The number of nitrogens with one attached hydrogen (secondary N) is 1. The van der Waals surface area contributed by atoms with Crippen molar-refractivity contribution in [2.45, 2.75) is 0 Å². The highest BCUT2D eigenvalue weighted by Crippen LogP contribution is 2.28. The Kier molecular flexibility index (Phi) is 3.89. The Hall–Kier alpha value is -3.60. The van der Waals surface area contributed by atoms with Gasteiger partial charge in [0, 0.05) is 28.1 Å². The maximum Gasteiger partial charge on any atom is 0.277 e. The van der Waals surface area contributed by atoms with Gasteiger partial charge in [-0.1, -0.05) is 30.3 Å². The van der Waals surface area contributed by atoms with Crippen LogP contribution in [0.2, 0.25) is 0 Å². The van der Waals surface area contributed by atoms with Crippen LogP contribution in [0.3, 0.4) is 0 Å². The Morgan fingerprint density at radius 2 is 1.92 bits per heavy atom. The predicted octanol–water partition coefficient (Wildman–Crippen LogP) is 2.42. The average molecular weight is 344 g/mol. The number of methoxy groups -OCH3 is 1. The first-order valence-corrected chi connectivity index (χ1v) is 8.12. The molecule has 1 aliphatic heterocycles. The molecule has 0 spiro atoms. The Morgan fingerprint density at radius 1 is 1.12 bits per heavy atom. The molecule has 1 aromatic heterocycles. The molecule has 128 valence electrons. The molecular weight excluding hydrogens is 328 g/mol. The van der Waals surface area contributed by atoms with E-state index in [1.54, 1.807) is 25.3 Å². The van der Waals surface area contributed by atoms with E-state index in [1.165, 1.54) is 0 Å². The minimum absolute atomic E-state index is 0.0121. The standard InChI is InChI=1S/C21H16N2O3/c1-26-17-8-7-14-9-15(20(24)23-19(14)12-17)10-16-11-18(22-21(16)25)13-5-3-2-4-6-13/h2-12,22,25H,1H3/b15-10-. The zero-order chi connectivity index (χ0) is 18.1. The number of benzene rings is 2. The Labute approximate surface area is 149 Å². The lowest BCUT2D eigenvalue weighted by Crippen LogP contribution is -2.30. The third-order valence-corrected chi connectivity index (χ3v) is 4.24. The Morgan fingerprint density at radius 3 is 2.69 bits per heavy atom. The molecule has 1 aliphatic rings. The fourth-order valence-electron chi connectivity index (χ4n) is 2.89. The first kappa shape index (κ1) is 15.9. The number of ether oxygens (including phenoxy) is 1. The van der Waals surface area contributed by atoms with Gasteiger partial charge in [0.15, 0.2) is 5.88 Å². The Balaban J connectivity index is 1.76. The smallest absolute Gasteiger partial charge is 0.277 e. The van der Waals surface area contributed by atoms with Gasteiger partial charge < -0.3 is 14.8 Å². The molecule has 3 aromatic rings. The molecule has 0 aliphatic carbocycles. The molecule has 2 heterocycles. The minimum atomic E-state index is -0.354. The van der Waals surface area contributed by atoms with E-state index in [9.17, 15) is 9.90 Å². The van der Waals surface area contributed by atoms with Crippen molar-refractivity contribution in [1.82, 2.24) is 4.98 Å². The molecule has 0 saturated heterocycles. The number of aromatic amines is 1. The number of carbonyl (C=O) groups is 1. The van der Waals surface area contributed by atoms with Crippen LogP contribution < -0.4 is 15.3 Å². The van der Waals surface area contributed by atoms with Gasteiger partial charge in [0.05, 0.1) is 12.5 Å². The van der Waals surface area contributed by atoms with Crippen molar-refractivity contribution in [3.05, 3.63) is 76.3 Å². The third-order valence-electron chi connectivity index (χ3n) is 4.24. The number of hydrogen-bond donors (Lipinski definition) is 2. The van der Waals surface area contributed by atoms with Crippen molar-refractivity contribution in [2.75, 3.05) is 7.11 Å². The topological polar surface area (TPSA) is 74.7 Å². The van der Waals surface area contributed by atoms with Crippen molar-refractivity contribution >= 4 is 18.1 Å². The molecule has 1 amide bonds. The van der Waals surface area contributed by atoms with Crippen LogP contribution in [0.15, 0.2) is 65.2 Å². The normalized spacial score (nSPS) is 14.5. The molecule has 4 rings (SSSR count). The van der Waals surface area contributed by atoms with Crippen molar-refractivity contribution in [3.63, 3.8) is 0 Å². The molecule has 0 saturated carbocycles. The second kappa shape index (κ2) is 6.37. The first-order valence-electron chi connectivity index (χ1n) is 8.12. The summed E-state index contributed by atoms with van der Waals surface area (Å²) in [5, 5.41) is 11.6. The summed E-state index contributed by atoms with van der Waals surface area (Å²) in [5.41, 5.74) is 2.68. The quantitative estimate of drug-likeness (QED) is 0.717. The molecular formula is C21H16N2O3. The molecule has 0 unspecified atom stereocenters. The summed E-state index contributed by atoms with van der Waals surface area (Å²) in [4.78, 5) is 19.4. The van der Waals surface area contributed by atoms with Crippen LogP contribution in [0.1, 0.15) is 5.56 Å². The summed E-state index contributed by atoms with van der Waals surface area (Å²) in [6.45, 7) is 0. The van der Waals surface area contributed by atoms with Crippen molar-refractivity contribution in [1.29, 1.82) is 0 Å². The minimum Gasteiger partial charge on any atom is -0.497 e. The predicted molar refractivity (Wildman–Crippen MR) is 99.1 cm³/mol. The first-order chi connectivity index (χ1) is 12.6. The number of aromatic hydroxyl groups is 1. The van der Waals surface area contributed by atoms with E-state index in [4.69, 9.17) is 4.74 Å². The number of amides is 1. The zero-order valence-corrected chi connectivity index (χ0v) is 14.1. The van der Waals surface area contributed by atoms with Crippen LogP contribution >= 0.6 is 0 Å². The lowest BCUT2D eigenvalue weighted by Gasteiger charge is -2.05. The van der Waals surface area contributed by atoms with Gasteiger partial charge in [-0.3, -0.25) is 4.79 Å². The van der Waals surface area contributed by atoms with E-state index in [-0.39, 0.29) is 11.8 Å². The highest BCUT2D eigenvalue weighted by atomic mass is 16.5. The molecule has 0 bridgehead atoms. The average Bonchev–Trinajstić information content (AvgIpc) is 3.03. The second-order valence-electron chi connectivity index (χ2n) is 5.94. The number of nitrogens with zero attached hydrogens (tertiary/aromatic N) is 1. The maximum atomic E-state index is 12.4. The maximum absolute atomic E-state index is 12.4. The van der Waals surface area contributed by atoms with Crippen LogP contribution in [0.4, 0.5) is 0 Å². The van der Waals surface area contributed by atoms with Gasteiger partial charge in [0.2, 0.25) is 0 Å². The molecule has 2 aromatic carbocycles. The van der Waals surface area contributed by atoms with Gasteiger partial charge in [0.1, 0.15) is 5.75 Å². The second-order valence-corrected chi connectivity index (χ2v) is 5.94. The van der Waals surface area contributed by atoms with Gasteiger partial charge in [0.25, 0.3) is 5.91 Å². The summed E-state index contributed by atoms with van der Waals surface area (Å²) in [6, 6.07) is 16.9. The summed E-state index contributed by atoms with van der Waals surface area (Å²) < 4.78 is 5.16. The van der Waals surface area contributed by atoms with Crippen LogP contribution in [-0.4, -0.2) is 23.1 Å². The van der Waals surface area contributed by atoms with E-state index in [0.29, 0.717) is 22.2 Å².